The molecule has 0 radical (unpaired) electrons. The number of methoxy groups -OCH3 is 1. The largest absolute Gasteiger partial charge is 0.497 e. The van der Waals surface area contributed by atoms with Crippen LogP contribution in [0.15, 0.2) is 24.3 Å². The van der Waals surface area contributed by atoms with Gasteiger partial charge in [-0.1, -0.05) is 32.9 Å². The Kier molecular flexibility index (Phi) is 8.55. The van der Waals surface area contributed by atoms with Crippen LogP contribution in [0.25, 0.3) is 0 Å². The highest BCUT2D eigenvalue weighted by atomic mass is 16.5. The Morgan fingerprint density at radius 1 is 0.957 bits per heavy atom. The second kappa shape index (κ2) is 9.88. The van der Waals surface area contributed by atoms with E-state index in [9.17, 15) is 15.3 Å². The van der Waals surface area contributed by atoms with Crippen LogP contribution in [0.1, 0.15) is 26.3 Å². The summed E-state index contributed by atoms with van der Waals surface area (Å²) >= 11 is 0. The molecule has 1 aromatic rings. The fourth-order valence-corrected chi connectivity index (χ4v) is 2.67. The minimum absolute atomic E-state index is 0.0160. The van der Waals surface area contributed by atoms with Gasteiger partial charge in [-0.15, -0.1) is 0 Å². The van der Waals surface area contributed by atoms with E-state index in [1.807, 2.05) is 38.1 Å². The molecule has 0 aliphatic carbocycles. The molecule has 23 heavy (non-hydrogen) atoms. The first-order valence-corrected chi connectivity index (χ1v) is 8.08. The number of hydrogen-bond donors (Lipinski definition) is 3. The van der Waals surface area contributed by atoms with Crippen LogP contribution in [0.3, 0.4) is 0 Å². The monoisotopic (exact) mass is 326 g/mol. The van der Waals surface area contributed by atoms with Crippen molar-refractivity contribution in [1.29, 1.82) is 0 Å². The Balaban J connectivity index is 2.73. The van der Waals surface area contributed by atoms with Crippen LogP contribution in [0.4, 0.5) is 0 Å². The lowest BCUT2D eigenvalue weighted by Gasteiger charge is -2.34. The summed E-state index contributed by atoms with van der Waals surface area (Å²) < 4.78 is 11.1. The van der Waals surface area contributed by atoms with Crippen molar-refractivity contribution in [1.82, 2.24) is 0 Å². The Bertz CT molecular complexity index is 434. The summed E-state index contributed by atoms with van der Waals surface area (Å²) in [6, 6.07) is 7.60. The average molecular weight is 326 g/mol. The molecule has 5 heteroatoms. The summed E-state index contributed by atoms with van der Waals surface area (Å²) in [5, 5.41) is 29.0. The van der Waals surface area contributed by atoms with E-state index in [-0.39, 0.29) is 37.1 Å². The molecule has 1 aromatic carbocycles. The molecule has 0 aromatic heterocycles. The molecule has 0 unspecified atom stereocenters. The number of benzene rings is 1. The van der Waals surface area contributed by atoms with Gasteiger partial charge >= 0.3 is 0 Å². The highest BCUT2D eigenvalue weighted by molar-refractivity contribution is 5.26. The predicted octanol–water partition coefficient (Wildman–Crippen LogP) is 1.83. The third-order valence-corrected chi connectivity index (χ3v) is 4.38. The number of rotatable bonds is 10. The second-order valence-electron chi connectivity index (χ2n) is 6.29. The lowest BCUT2D eigenvalue weighted by Crippen LogP contribution is -2.41. The van der Waals surface area contributed by atoms with E-state index >= 15 is 0 Å². The predicted molar refractivity (Wildman–Crippen MR) is 89.2 cm³/mol. The fourth-order valence-electron chi connectivity index (χ4n) is 2.67. The van der Waals surface area contributed by atoms with Crippen molar-refractivity contribution in [3.05, 3.63) is 29.8 Å². The Morgan fingerprint density at radius 3 is 2.00 bits per heavy atom. The first-order chi connectivity index (χ1) is 10.9. The molecule has 0 aliphatic heterocycles. The summed E-state index contributed by atoms with van der Waals surface area (Å²) in [4.78, 5) is 0. The zero-order chi connectivity index (χ0) is 17.4. The summed E-state index contributed by atoms with van der Waals surface area (Å²) in [7, 11) is 1.62. The maximum Gasteiger partial charge on any atom is 0.118 e. The van der Waals surface area contributed by atoms with E-state index in [1.54, 1.807) is 14.0 Å². The van der Waals surface area contributed by atoms with E-state index in [2.05, 4.69) is 0 Å². The zero-order valence-corrected chi connectivity index (χ0v) is 14.5. The molecule has 0 spiro atoms. The summed E-state index contributed by atoms with van der Waals surface area (Å²) in [6.45, 7) is 5.88. The van der Waals surface area contributed by atoms with Crippen LogP contribution in [0.5, 0.6) is 5.75 Å². The molecule has 0 amide bonds. The quantitative estimate of drug-likeness (QED) is 0.611. The topological polar surface area (TPSA) is 79.2 Å². The van der Waals surface area contributed by atoms with Crippen molar-refractivity contribution < 1.29 is 24.8 Å². The van der Waals surface area contributed by atoms with Crippen LogP contribution >= 0.6 is 0 Å². The number of aliphatic hydroxyl groups is 3. The first kappa shape index (κ1) is 19.9. The van der Waals surface area contributed by atoms with Gasteiger partial charge < -0.3 is 24.8 Å². The highest BCUT2D eigenvalue weighted by Gasteiger charge is 2.32. The van der Waals surface area contributed by atoms with Gasteiger partial charge in [0.1, 0.15) is 5.75 Å². The molecule has 0 heterocycles. The van der Waals surface area contributed by atoms with Crippen LogP contribution in [0.2, 0.25) is 0 Å². The molecule has 1 rings (SSSR count). The molecule has 5 nitrogen and oxygen atoms in total. The van der Waals surface area contributed by atoms with Crippen molar-refractivity contribution in [2.45, 2.75) is 39.6 Å². The van der Waals surface area contributed by atoms with Gasteiger partial charge in [-0.25, -0.2) is 0 Å². The summed E-state index contributed by atoms with van der Waals surface area (Å²) in [6.07, 6.45) is -0.985. The van der Waals surface area contributed by atoms with Gasteiger partial charge in [-0.05, 0) is 17.7 Å². The van der Waals surface area contributed by atoms with Gasteiger partial charge in [0.15, 0.2) is 0 Å². The Morgan fingerprint density at radius 2 is 1.52 bits per heavy atom. The number of hydrogen-bond acceptors (Lipinski definition) is 5. The van der Waals surface area contributed by atoms with E-state index in [0.717, 1.165) is 11.3 Å². The lowest BCUT2D eigenvalue weighted by molar-refractivity contribution is -0.0891. The molecular weight excluding hydrogens is 296 g/mol. The molecule has 0 bridgehead atoms. The second-order valence-corrected chi connectivity index (χ2v) is 6.29. The van der Waals surface area contributed by atoms with Gasteiger partial charge in [0, 0.05) is 31.0 Å². The van der Waals surface area contributed by atoms with Crippen molar-refractivity contribution >= 4 is 0 Å². The molecule has 0 saturated heterocycles. The van der Waals surface area contributed by atoms with E-state index in [1.165, 1.54) is 0 Å². The normalized spacial score (nSPS) is 18.0. The first-order valence-electron chi connectivity index (χ1n) is 8.08. The van der Waals surface area contributed by atoms with Crippen LogP contribution in [0, 0.1) is 17.8 Å². The van der Waals surface area contributed by atoms with Gasteiger partial charge in [0.25, 0.3) is 0 Å². The fraction of sp³-hybridized carbons (Fsp3) is 0.667. The van der Waals surface area contributed by atoms with Crippen molar-refractivity contribution in [2.24, 2.45) is 17.8 Å². The Labute approximate surface area is 138 Å². The van der Waals surface area contributed by atoms with Crippen LogP contribution in [-0.2, 0) is 11.3 Å². The molecule has 0 saturated carbocycles. The van der Waals surface area contributed by atoms with Crippen LogP contribution in [-0.4, -0.2) is 47.9 Å². The molecule has 0 fully saturated rings. The number of aliphatic hydroxyl groups excluding tert-OH is 3. The van der Waals surface area contributed by atoms with E-state index in [0.29, 0.717) is 6.61 Å². The molecule has 132 valence electrons. The molecule has 5 atom stereocenters. The minimum atomic E-state index is -0.685. The van der Waals surface area contributed by atoms with Gasteiger partial charge in [-0.2, -0.15) is 0 Å². The number of ether oxygens (including phenoxy) is 2. The van der Waals surface area contributed by atoms with Gasteiger partial charge in [0.2, 0.25) is 0 Å². The summed E-state index contributed by atoms with van der Waals surface area (Å²) in [5.41, 5.74) is 0.998. The van der Waals surface area contributed by atoms with E-state index in [4.69, 9.17) is 9.47 Å². The third kappa shape index (κ3) is 5.77. The Hall–Kier alpha value is -1.14. The third-order valence-electron chi connectivity index (χ3n) is 4.38. The van der Waals surface area contributed by atoms with E-state index < -0.39 is 6.10 Å². The summed E-state index contributed by atoms with van der Waals surface area (Å²) in [5.74, 6) is 0.249. The van der Waals surface area contributed by atoms with Crippen molar-refractivity contribution in [3.8, 4) is 5.75 Å². The molecule has 0 aliphatic rings. The SMILES string of the molecule is COc1ccc(CO[C@H]([C@H](C)[C@@H](O)[C@@H](C)CO)[C@@H](C)CO)cc1. The van der Waals surface area contributed by atoms with Gasteiger partial charge in [-0.3, -0.25) is 0 Å². The highest BCUT2D eigenvalue weighted by Crippen LogP contribution is 2.25. The van der Waals surface area contributed by atoms with Crippen molar-refractivity contribution in [3.63, 3.8) is 0 Å². The smallest absolute Gasteiger partial charge is 0.118 e. The van der Waals surface area contributed by atoms with Gasteiger partial charge in [0.05, 0.1) is 25.9 Å². The maximum atomic E-state index is 10.3. The maximum absolute atomic E-state index is 10.3. The average Bonchev–Trinajstić information content (AvgIpc) is 2.60. The standard InChI is InChI=1S/C18H30O5/c1-12(9-19)17(21)14(3)18(13(2)10-20)23-11-15-5-7-16(22-4)8-6-15/h5-8,12-14,17-21H,9-11H2,1-4H3/t12-,13-,14+,17-,18-/m0/s1. The molecular formula is C18H30O5. The molecule has 3 N–H and O–H groups in total. The zero-order valence-electron chi connectivity index (χ0n) is 14.5. The lowest BCUT2D eigenvalue weighted by atomic mass is 9.84. The van der Waals surface area contributed by atoms with Crippen molar-refractivity contribution in [2.75, 3.05) is 20.3 Å². The van der Waals surface area contributed by atoms with Crippen LogP contribution < -0.4 is 4.74 Å². The minimum Gasteiger partial charge on any atom is -0.497 e.